The summed E-state index contributed by atoms with van der Waals surface area (Å²) in [6, 6.07) is 30.6. The molecule has 1 aromatic heterocycles. The van der Waals surface area contributed by atoms with E-state index >= 15 is 0 Å². The Kier molecular flexibility index (Phi) is 8.05. The Labute approximate surface area is 249 Å². The van der Waals surface area contributed by atoms with Gasteiger partial charge in [-0.15, -0.1) is 0 Å². The van der Waals surface area contributed by atoms with Crippen molar-refractivity contribution in [1.82, 2.24) is 9.88 Å². The number of carbonyl (C=O) groups is 1. The van der Waals surface area contributed by atoms with Crippen LogP contribution in [0.2, 0.25) is 5.02 Å². The Balaban J connectivity index is 1.30. The van der Waals surface area contributed by atoms with Gasteiger partial charge in [-0.1, -0.05) is 72.1 Å². The van der Waals surface area contributed by atoms with Gasteiger partial charge >= 0.3 is 5.91 Å². The van der Waals surface area contributed by atoms with Crippen LogP contribution in [0.5, 0.6) is 5.88 Å². The van der Waals surface area contributed by atoms with Crippen molar-refractivity contribution in [1.29, 1.82) is 0 Å². The molecule has 208 valence electrons. The van der Waals surface area contributed by atoms with Crippen LogP contribution in [0, 0.1) is 11.8 Å². The molecule has 5 aromatic rings. The largest absolute Gasteiger partial charge is 0.494 e. The number of aromatic amines is 1. The maximum absolute atomic E-state index is 12.4. The van der Waals surface area contributed by atoms with E-state index in [-0.39, 0.29) is 5.88 Å². The fourth-order valence-electron chi connectivity index (χ4n) is 5.22. The highest BCUT2D eigenvalue weighted by Gasteiger charge is 2.19. The zero-order valence-electron chi connectivity index (χ0n) is 22.9. The van der Waals surface area contributed by atoms with Crippen LogP contribution in [0.3, 0.4) is 0 Å². The van der Waals surface area contributed by atoms with Gasteiger partial charge in [-0.25, -0.2) is 4.99 Å². The Morgan fingerprint density at radius 3 is 2.50 bits per heavy atom. The number of hydrogen-bond acceptors (Lipinski definition) is 4. The van der Waals surface area contributed by atoms with Crippen molar-refractivity contribution in [3.63, 3.8) is 0 Å². The van der Waals surface area contributed by atoms with Gasteiger partial charge in [-0.2, -0.15) is 0 Å². The van der Waals surface area contributed by atoms with Crippen LogP contribution in [0.15, 0.2) is 102 Å². The van der Waals surface area contributed by atoms with Gasteiger partial charge in [-0.3, -0.25) is 9.69 Å². The minimum atomic E-state index is -0.447. The summed E-state index contributed by atoms with van der Waals surface area (Å²) in [5, 5.41) is 15.1. The summed E-state index contributed by atoms with van der Waals surface area (Å²) in [6.45, 7) is 3.26. The van der Waals surface area contributed by atoms with Crippen molar-refractivity contribution < 1.29 is 9.90 Å². The van der Waals surface area contributed by atoms with E-state index in [9.17, 15) is 9.90 Å². The molecule has 1 saturated heterocycles. The van der Waals surface area contributed by atoms with Gasteiger partial charge in [0.05, 0.1) is 22.5 Å². The summed E-state index contributed by atoms with van der Waals surface area (Å²) >= 11 is 5.99. The lowest BCUT2D eigenvalue weighted by Gasteiger charge is -2.14. The van der Waals surface area contributed by atoms with Gasteiger partial charge < -0.3 is 15.4 Å². The monoisotopic (exact) mass is 572 g/mol. The van der Waals surface area contributed by atoms with Crippen LogP contribution in [-0.2, 0) is 11.3 Å². The molecule has 6 rings (SSSR count). The molecular weight excluding hydrogens is 544 g/mol. The second kappa shape index (κ2) is 12.4. The van der Waals surface area contributed by atoms with Gasteiger partial charge in [0, 0.05) is 39.7 Å². The molecule has 0 aliphatic carbocycles. The maximum Gasteiger partial charge on any atom is 0.300 e. The van der Waals surface area contributed by atoms with E-state index in [4.69, 9.17) is 16.6 Å². The van der Waals surface area contributed by atoms with Crippen molar-refractivity contribution in [3.8, 4) is 17.7 Å². The van der Waals surface area contributed by atoms with Crippen LogP contribution in [0.25, 0.3) is 10.9 Å². The molecule has 0 radical (unpaired) electrons. The minimum Gasteiger partial charge on any atom is -0.494 e. The lowest BCUT2D eigenvalue weighted by molar-refractivity contribution is -0.111. The number of benzene rings is 4. The number of fused-ring (bicyclic) bond motifs is 1. The number of aliphatic imine (C=N–C) groups is 1. The van der Waals surface area contributed by atoms with E-state index in [1.54, 1.807) is 24.3 Å². The van der Waals surface area contributed by atoms with Crippen LogP contribution in [0.1, 0.15) is 35.1 Å². The molecule has 3 N–H and O–H groups in total. The van der Waals surface area contributed by atoms with Crippen LogP contribution >= 0.6 is 11.6 Å². The first-order valence-corrected chi connectivity index (χ1v) is 14.3. The lowest BCUT2D eigenvalue weighted by atomic mass is 10.00. The molecule has 42 heavy (non-hydrogen) atoms. The van der Waals surface area contributed by atoms with Gasteiger partial charge in [-0.05, 0) is 74.0 Å². The summed E-state index contributed by atoms with van der Waals surface area (Å²) in [5.74, 6) is 5.09. The van der Waals surface area contributed by atoms with E-state index < -0.39 is 5.91 Å². The van der Waals surface area contributed by atoms with Gasteiger partial charge in [0.2, 0.25) is 0 Å². The number of hydrogen-bond donors (Lipinski definition) is 3. The first-order valence-electron chi connectivity index (χ1n) is 13.9. The summed E-state index contributed by atoms with van der Waals surface area (Å²) in [4.78, 5) is 22.9. The van der Waals surface area contributed by atoms with E-state index in [1.807, 2.05) is 60.7 Å². The zero-order valence-corrected chi connectivity index (χ0v) is 23.7. The van der Waals surface area contributed by atoms with Crippen molar-refractivity contribution >= 4 is 45.5 Å². The van der Waals surface area contributed by atoms with Gasteiger partial charge in [0.25, 0.3) is 0 Å². The minimum absolute atomic E-state index is 0.0158. The second-order valence-corrected chi connectivity index (χ2v) is 10.7. The first kappa shape index (κ1) is 27.3. The van der Waals surface area contributed by atoms with E-state index in [1.165, 1.54) is 18.4 Å². The van der Waals surface area contributed by atoms with Crippen molar-refractivity contribution in [2.75, 3.05) is 18.4 Å². The Morgan fingerprint density at radius 2 is 1.74 bits per heavy atom. The SMILES string of the molecule is O=C(C#Cc1ccc2c(C(=Nc3ccc(CN4CCCC4)cc3)c3ccccc3)c(O)[nH]c2c1)Nc1cccc(Cl)c1. The van der Waals surface area contributed by atoms with Crippen LogP contribution in [0.4, 0.5) is 11.4 Å². The highest BCUT2D eigenvalue weighted by atomic mass is 35.5. The normalized spacial score (nSPS) is 13.6. The molecule has 7 heteroatoms. The number of anilines is 1. The quantitative estimate of drug-likeness (QED) is 0.148. The number of aromatic nitrogens is 1. The number of carbonyl (C=O) groups excluding carboxylic acids is 1. The first-order chi connectivity index (χ1) is 20.5. The molecule has 6 nitrogen and oxygen atoms in total. The highest BCUT2D eigenvalue weighted by Crippen LogP contribution is 2.32. The second-order valence-electron chi connectivity index (χ2n) is 10.3. The third-order valence-corrected chi connectivity index (χ3v) is 7.48. The van der Waals surface area contributed by atoms with Crippen LogP contribution < -0.4 is 5.32 Å². The van der Waals surface area contributed by atoms with Crippen molar-refractivity contribution in [2.45, 2.75) is 19.4 Å². The lowest BCUT2D eigenvalue weighted by Crippen LogP contribution is -2.18. The average Bonchev–Trinajstić information content (AvgIpc) is 3.62. The fraction of sp³-hybridized carbons (Fsp3) is 0.143. The predicted molar refractivity (Wildman–Crippen MR) is 170 cm³/mol. The molecule has 4 aromatic carbocycles. The number of rotatable bonds is 6. The number of nitrogens with zero attached hydrogens (tertiary/aromatic N) is 2. The number of nitrogens with one attached hydrogen (secondary N) is 2. The molecule has 1 aliphatic rings. The smallest absolute Gasteiger partial charge is 0.300 e. The van der Waals surface area contributed by atoms with E-state index in [0.717, 1.165) is 36.3 Å². The number of H-pyrrole nitrogens is 1. The summed E-state index contributed by atoms with van der Waals surface area (Å²) in [7, 11) is 0. The molecule has 0 bridgehead atoms. The molecule has 0 atom stereocenters. The molecular formula is C35H29ClN4O2. The zero-order chi connectivity index (χ0) is 28.9. The standard InChI is InChI=1S/C35H29ClN4O2/c36-27-9-6-10-29(22-27)37-32(41)18-14-24-13-17-30-31(21-24)39-35(42)33(30)34(26-7-2-1-3-8-26)38-28-15-11-25(12-16-28)23-40-19-4-5-20-40/h1-3,6-13,15-17,21-22,39,42H,4-5,19-20,23H2,(H,37,41). The number of aromatic hydroxyl groups is 1. The molecule has 0 unspecified atom stereocenters. The molecule has 1 fully saturated rings. The van der Waals surface area contributed by atoms with Crippen molar-refractivity contribution in [3.05, 3.63) is 124 Å². The van der Waals surface area contributed by atoms with Crippen molar-refractivity contribution in [2.24, 2.45) is 4.99 Å². The third-order valence-electron chi connectivity index (χ3n) is 7.25. The fourth-order valence-corrected chi connectivity index (χ4v) is 5.41. The molecule has 1 aliphatic heterocycles. The molecule has 0 spiro atoms. The Morgan fingerprint density at radius 1 is 0.952 bits per heavy atom. The van der Waals surface area contributed by atoms with Crippen LogP contribution in [-0.4, -0.2) is 39.7 Å². The summed E-state index contributed by atoms with van der Waals surface area (Å²) in [6.07, 6.45) is 2.54. The predicted octanol–water partition coefficient (Wildman–Crippen LogP) is 7.28. The molecule has 2 heterocycles. The summed E-state index contributed by atoms with van der Waals surface area (Å²) < 4.78 is 0. The topological polar surface area (TPSA) is 80.7 Å². The third kappa shape index (κ3) is 6.39. The Hall–Kier alpha value is -4.83. The number of likely N-dealkylation sites (tertiary alicyclic amines) is 1. The van der Waals surface area contributed by atoms with Gasteiger partial charge in [0.15, 0.2) is 5.88 Å². The number of halogens is 1. The van der Waals surface area contributed by atoms with E-state index in [2.05, 4.69) is 39.2 Å². The Bertz CT molecular complexity index is 1830. The van der Waals surface area contributed by atoms with Gasteiger partial charge in [0.1, 0.15) is 0 Å². The average molecular weight is 573 g/mol. The molecule has 0 saturated carbocycles. The summed E-state index contributed by atoms with van der Waals surface area (Å²) in [5.41, 5.74) is 6.11. The maximum atomic E-state index is 12.4. The number of amides is 1. The highest BCUT2D eigenvalue weighted by molar-refractivity contribution is 6.31. The molecule has 1 amide bonds. The van der Waals surface area contributed by atoms with E-state index in [0.29, 0.717) is 33.1 Å².